The van der Waals surface area contributed by atoms with Gasteiger partial charge in [0.25, 0.3) is 0 Å². The molecule has 1 fully saturated rings. The zero-order chi connectivity index (χ0) is 29.6. The molecule has 42 heavy (non-hydrogen) atoms. The van der Waals surface area contributed by atoms with Gasteiger partial charge in [0.05, 0.1) is 12.7 Å². The Morgan fingerprint density at radius 3 is 2.60 bits per heavy atom. The third kappa shape index (κ3) is 7.09. The zero-order valence-electron chi connectivity index (χ0n) is 24.1. The first kappa shape index (κ1) is 28.7. The fourth-order valence-electron chi connectivity index (χ4n) is 4.72. The van der Waals surface area contributed by atoms with Gasteiger partial charge in [0, 0.05) is 35.4 Å². The van der Waals surface area contributed by atoms with Crippen LogP contribution in [-0.2, 0) is 16.1 Å². The van der Waals surface area contributed by atoms with Crippen molar-refractivity contribution in [2.24, 2.45) is 5.92 Å². The number of ether oxygens (including phenoxy) is 2. The number of hydrogen-bond acceptors (Lipinski definition) is 7. The lowest BCUT2D eigenvalue weighted by Crippen LogP contribution is -2.33. The van der Waals surface area contributed by atoms with Crippen molar-refractivity contribution in [1.82, 2.24) is 10.3 Å². The number of nitrogens with two attached hydrogens (primary N) is 1. The molecule has 1 unspecified atom stereocenters. The van der Waals surface area contributed by atoms with E-state index in [0.29, 0.717) is 29.5 Å². The maximum absolute atomic E-state index is 13.8. The molecule has 1 aliphatic carbocycles. The van der Waals surface area contributed by atoms with Crippen molar-refractivity contribution in [2.75, 3.05) is 23.0 Å². The van der Waals surface area contributed by atoms with Crippen molar-refractivity contribution in [2.45, 2.75) is 52.3 Å². The number of rotatable bonds is 12. The summed E-state index contributed by atoms with van der Waals surface area (Å²) in [6, 6.07) is 19.9. The first-order chi connectivity index (χ1) is 20.3. The van der Waals surface area contributed by atoms with Crippen molar-refractivity contribution in [3.63, 3.8) is 0 Å². The normalized spacial score (nSPS) is 13.4. The number of carbonyl (C=O) groups is 2. The highest BCUT2D eigenvalue weighted by Gasteiger charge is 2.29. The minimum absolute atomic E-state index is 0.0309. The fourth-order valence-corrected chi connectivity index (χ4v) is 4.72. The van der Waals surface area contributed by atoms with Crippen LogP contribution in [0.4, 0.5) is 17.2 Å². The van der Waals surface area contributed by atoms with E-state index in [1.54, 1.807) is 6.20 Å². The number of pyridine rings is 1. The van der Waals surface area contributed by atoms with E-state index in [-0.39, 0.29) is 30.4 Å². The Balaban J connectivity index is 1.40. The first-order valence-electron chi connectivity index (χ1n) is 14.3. The van der Waals surface area contributed by atoms with Gasteiger partial charge in [-0.1, -0.05) is 18.2 Å². The van der Waals surface area contributed by atoms with Crippen LogP contribution in [0.25, 0.3) is 10.8 Å². The number of hydrogen-bond donors (Lipinski definition) is 4. The average Bonchev–Trinajstić information content (AvgIpc) is 3.82. The number of carbonyl (C=O) groups excluding carboxylic acids is 2. The highest BCUT2D eigenvalue weighted by atomic mass is 16.5. The Morgan fingerprint density at radius 1 is 1.00 bits per heavy atom. The van der Waals surface area contributed by atoms with Crippen LogP contribution in [0.3, 0.4) is 0 Å². The molecule has 5 N–H and O–H groups in total. The van der Waals surface area contributed by atoms with Crippen LogP contribution < -0.4 is 31.2 Å². The summed E-state index contributed by atoms with van der Waals surface area (Å²) in [6.45, 7) is 6.56. The first-order valence-corrected chi connectivity index (χ1v) is 14.3. The monoisotopic (exact) mass is 567 g/mol. The molecular weight excluding hydrogens is 530 g/mol. The second kappa shape index (κ2) is 12.8. The molecule has 3 aromatic carbocycles. The van der Waals surface area contributed by atoms with Gasteiger partial charge in [0.1, 0.15) is 11.9 Å². The van der Waals surface area contributed by atoms with Gasteiger partial charge >= 0.3 is 0 Å². The molecule has 0 bridgehead atoms. The number of nitrogens with zero attached hydrogens (tertiary/aromatic N) is 1. The lowest BCUT2D eigenvalue weighted by molar-refractivity contribution is -0.122. The zero-order valence-corrected chi connectivity index (χ0v) is 24.1. The molecule has 1 saturated carbocycles. The van der Waals surface area contributed by atoms with Crippen molar-refractivity contribution in [1.29, 1.82) is 0 Å². The summed E-state index contributed by atoms with van der Waals surface area (Å²) >= 11 is 0. The number of nitrogens with one attached hydrogen (secondary N) is 3. The van der Waals surface area contributed by atoms with E-state index in [2.05, 4.69) is 20.9 Å². The third-order valence-electron chi connectivity index (χ3n) is 6.94. The lowest BCUT2D eigenvalue weighted by Gasteiger charge is -2.22. The van der Waals surface area contributed by atoms with Gasteiger partial charge in [-0.25, -0.2) is 4.98 Å². The van der Waals surface area contributed by atoms with Gasteiger partial charge in [0.2, 0.25) is 11.8 Å². The molecule has 9 heteroatoms. The maximum atomic E-state index is 13.8. The van der Waals surface area contributed by atoms with Gasteiger partial charge < -0.3 is 31.2 Å². The van der Waals surface area contributed by atoms with Crippen LogP contribution in [0.1, 0.15) is 50.8 Å². The van der Waals surface area contributed by atoms with Gasteiger partial charge in [-0.15, -0.1) is 0 Å². The minimum atomic E-state index is -0.744. The van der Waals surface area contributed by atoms with E-state index < -0.39 is 6.04 Å². The number of aromatic nitrogens is 1. The smallest absolute Gasteiger partial charge is 0.247 e. The van der Waals surface area contributed by atoms with E-state index >= 15 is 0 Å². The molecule has 0 saturated heterocycles. The average molecular weight is 568 g/mol. The van der Waals surface area contributed by atoms with E-state index in [1.165, 1.54) is 0 Å². The van der Waals surface area contributed by atoms with Crippen LogP contribution in [-0.4, -0.2) is 29.5 Å². The molecule has 1 atom stereocenters. The number of fused-ring (bicyclic) bond motifs is 1. The second-order valence-corrected chi connectivity index (χ2v) is 10.7. The SMILES string of the molecule is CCOc1cc(C(Nc2ccc3c(N)nccc3c2)C(=O)NCc2cccc(NC(=O)C3CC3)c2)ccc1OC(C)C. The summed E-state index contributed by atoms with van der Waals surface area (Å²) in [6.07, 6.45) is 3.51. The molecule has 5 rings (SSSR count). The molecular formula is C33H37N5O4. The van der Waals surface area contributed by atoms with Gasteiger partial charge in [0.15, 0.2) is 11.5 Å². The Labute approximate surface area is 245 Å². The Hall–Kier alpha value is -4.79. The largest absolute Gasteiger partial charge is 0.490 e. The molecule has 0 spiro atoms. The van der Waals surface area contributed by atoms with Crippen molar-refractivity contribution < 1.29 is 19.1 Å². The summed E-state index contributed by atoms with van der Waals surface area (Å²) in [5.74, 6) is 1.57. The molecule has 218 valence electrons. The van der Waals surface area contributed by atoms with Crippen LogP contribution in [0.5, 0.6) is 11.5 Å². The van der Waals surface area contributed by atoms with Crippen LogP contribution >= 0.6 is 0 Å². The quantitative estimate of drug-likeness (QED) is 0.170. The second-order valence-electron chi connectivity index (χ2n) is 10.7. The van der Waals surface area contributed by atoms with Gasteiger partial charge in [-0.3, -0.25) is 9.59 Å². The number of anilines is 3. The molecule has 0 aliphatic heterocycles. The van der Waals surface area contributed by atoms with Crippen molar-refractivity contribution in [3.8, 4) is 11.5 Å². The summed E-state index contributed by atoms with van der Waals surface area (Å²) in [4.78, 5) is 30.2. The Morgan fingerprint density at radius 2 is 1.83 bits per heavy atom. The fraction of sp³-hybridized carbons (Fsp3) is 0.303. The Kier molecular flexibility index (Phi) is 8.76. The van der Waals surface area contributed by atoms with Crippen molar-refractivity contribution in [3.05, 3.63) is 84.1 Å². The molecule has 9 nitrogen and oxygen atoms in total. The molecule has 2 amide bonds. The molecule has 1 heterocycles. The van der Waals surface area contributed by atoms with Crippen LogP contribution in [0, 0.1) is 5.92 Å². The summed E-state index contributed by atoms with van der Waals surface area (Å²) < 4.78 is 11.8. The summed E-state index contributed by atoms with van der Waals surface area (Å²) in [5.41, 5.74) is 9.11. The van der Waals surface area contributed by atoms with Gasteiger partial charge in [-0.2, -0.15) is 0 Å². The Bertz CT molecular complexity index is 1580. The number of nitrogen functional groups attached to an aromatic ring is 1. The number of amides is 2. The van der Waals surface area contributed by atoms with Crippen LogP contribution in [0.2, 0.25) is 0 Å². The number of benzene rings is 3. The predicted octanol–water partition coefficient (Wildman–Crippen LogP) is 5.82. The topological polar surface area (TPSA) is 128 Å². The molecule has 4 aromatic rings. The summed E-state index contributed by atoms with van der Waals surface area (Å²) in [5, 5.41) is 11.2. The van der Waals surface area contributed by atoms with Gasteiger partial charge in [-0.05, 0) is 98.7 Å². The maximum Gasteiger partial charge on any atom is 0.247 e. The van der Waals surface area contributed by atoms with E-state index in [9.17, 15) is 9.59 Å². The molecule has 1 aliphatic rings. The highest BCUT2D eigenvalue weighted by molar-refractivity contribution is 5.95. The van der Waals surface area contributed by atoms with E-state index in [0.717, 1.165) is 40.6 Å². The standard InChI is InChI=1S/C33H37N5O4/c1-4-41-29-18-24(10-13-28(29)42-20(2)3)30(37-26-11-12-27-23(17-26)14-15-35-31(27)34)33(40)36-19-21-6-5-7-25(16-21)38-32(39)22-8-9-22/h5-7,10-18,20,22,30,37H,4,8-9,19H2,1-3H3,(H2,34,35)(H,36,40)(H,38,39). The van der Waals surface area contributed by atoms with Crippen LogP contribution in [0.15, 0.2) is 72.9 Å². The van der Waals surface area contributed by atoms with E-state index in [1.807, 2.05) is 87.5 Å². The summed E-state index contributed by atoms with van der Waals surface area (Å²) in [7, 11) is 0. The predicted molar refractivity (Wildman–Crippen MR) is 166 cm³/mol. The third-order valence-corrected chi connectivity index (χ3v) is 6.94. The minimum Gasteiger partial charge on any atom is -0.490 e. The lowest BCUT2D eigenvalue weighted by atomic mass is 10.0. The molecule has 0 radical (unpaired) electrons. The molecule has 1 aromatic heterocycles. The highest BCUT2D eigenvalue weighted by Crippen LogP contribution is 2.34. The van der Waals surface area contributed by atoms with Crippen molar-refractivity contribution >= 4 is 39.8 Å². The van der Waals surface area contributed by atoms with E-state index in [4.69, 9.17) is 15.2 Å².